The van der Waals surface area contributed by atoms with E-state index < -0.39 is 26.5 Å². The number of carbonyl (C=O) groups is 2. The lowest BCUT2D eigenvalue weighted by molar-refractivity contribution is -0.870. The molecule has 0 saturated heterocycles. The van der Waals surface area contributed by atoms with Crippen molar-refractivity contribution in [1.29, 1.82) is 0 Å². The molecule has 0 bridgehead atoms. The fourth-order valence-corrected chi connectivity index (χ4v) is 12.6. The van der Waals surface area contributed by atoms with E-state index in [4.69, 9.17) is 18.5 Å². The number of phosphoric ester groups is 1. The van der Waals surface area contributed by atoms with Gasteiger partial charge in [-0.2, -0.15) is 0 Å². The molecule has 1 N–H and O–H groups in total. The van der Waals surface area contributed by atoms with Crippen molar-refractivity contribution < 1.29 is 42.1 Å². The van der Waals surface area contributed by atoms with Gasteiger partial charge in [0.15, 0.2) is 6.10 Å². The standard InChI is InChI=1S/C92H160NO8P/c1-6-8-10-12-14-16-18-20-22-24-26-28-30-32-34-36-38-40-42-44-45-46-47-49-51-53-55-57-59-61-63-65-67-69-71-73-75-77-79-81-83-85-92(95)101-90(89-100-102(96,97)99-87-86-93(3,4)5)88-98-91(94)84-82-80-78-76-74-72-70-68-66-64-62-60-58-56-54-52-50-48-43-41-39-37-35-33-31-29-27-25-23-21-19-17-15-13-11-9-7-2/h8,10,14,16,19-22,25-28,31-34,38,40,44-45,47,49,53,55,90H,6-7,9,11-13,15,17-18,23-24,29-30,35-37,39,41-43,46,48,50-52,54,56-89H2,1-5H3/p+1/b10-8-,16-14-,21-19-,22-20-,27-25-,28-26-,33-31-,34-32-,40-38-,45-44-,49-47-,55-53-. The van der Waals surface area contributed by atoms with Crippen LogP contribution in [0.3, 0.4) is 0 Å². The van der Waals surface area contributed by atoms with Crippen LogP contribution in [0.5, 0.6) is 0 Å². The molecule has 2 unspecified atom stereocenters. The molecule has 102 heavy (non-hydrogen) atoms. The normalized spacial score (nSPS) is 13.7. The molecule has 0 saturated carbocycles. The molecule has 0 aliphatic carbocycles. The van der Waals surface area contributed by atoms with Crippen molar-refractivity contribution in [3.63, 3.8) is 0 Å². The molecular formula is C92H161NO8P+. The Bertz CT molecular complexity index is 2240. The van der Waals surface area contributed by atoms with Gasteiger partial charge in [-0.15, -0.1) is 0 Å². The number of likely N-dealkylation sites (N-methyl/N-ethyl adjacent to an activating group) is 1. The molecule has 0 aliphatic heterocycles. The van der Waals surface area contributed by atoms with Gasteiger partial charge in [-0.25, -0.2) is 4.57 Å². The van der Waals surface area contributed by atoms with E-state index in [9.17, 15) is 19.0 Å². The summed E-state index contributed by atoms with van der Waals surface area (Å²) in [5.74, 6) is -0.789. The van der Waals surface area contributed by atoms with E-state index in [-0.39, 0.29) is 32.0 Å². The zero-order valence-electron chi connectivity index (χ0n) is 67.1. The zero-order chi connectivity index (χ0) is 74.0. The van der Waals surface area contributed by atoms with Crippen molar-refractivity contribution in [2.75, 3.05) is 47.5 Å². The first-order valence-electron chi connectivity index (χ1n) is 42.6. The smallest absolute Gasteiger partial charge is 0.462 e. The van der Waals surface area contributed by atoms with Gasteiger partial charge in [0.25, 0.3) is 0 Å². The summed E-state index contributed by atoms with van der Waals surface area (Å²) in [4.78, 5) is 36.0. The molecule has 0 rings (SSSR count). The van der Waals surface area contributed by atoms with E-state index in [0.717, 1.165) is 109 Å². The van der Waals surface area contributed by atoms with Crippen molar-refractivity contribution in [2.24, 2.45) is 0 Å². The predicted octanol–water partition coefficient (Wildman–Crippen LogP) is 28.8. The van der Waals surface area contributed by atoms with E-state index in [1.807, 2.05) is 21.1 Å². The number of hydrogen-bond donors (Lipinski definition) is 1. The number of esters is 2. The van der Waals surface area contributed by atoms with Gasteiger partial charge in [0, 0.05) is 12.8 Å². The van der Waals surface area contributed by atoms with E-state index >= 15 is 0 Å². The molecule has 0 spiro atoms. The number of carbonyl (C=O) groups excluding carboxylic acids is 2. The molecule has 0 radical (unpaired) electrons. The van der Waals surface area contributed by atoms with Gasteiger partial charge in [0.05, 0.1) is 27.7 Å². The van der Waals surface area contributed by atoms with Crippen LogP contribution >= 0.6 is 7.82 Å². The largest absolute Gasteiger partial charge is 0.472 e. The van der Waals surface area contributed by atoms with E-state index in [2.05, 4.69) is 160 Å². The Morgan fingerprint density at radius 1 is 0.314 bits per heavy atom. The van der Waals surface area contributed by atoms with E-state index in [1.54, 1.807) is 0 Å². The Morgan fingerprint density at radius 3 is 0.833 bits per heavy atom. The van der Waals surface area contributed by atoms with E-state index in [0.29, 0.717) is 17.4 Å². The fraction of sp³-hybridized carbons (Fsp3) is 0.717. The Kier molecular flexibility index (Phi) is 77.7. The minimum atomic E-state index is -4.40. The first-order chi connectivity index (χ1) is 50.0. The minimum absolute atomic E-state index is 0.0280. The summed E-state index contributed by atoms with van der Waals surface area (Å²) in [5, 5.41) is 0. The van der Waals surface area contributed by atoms with Gasteiger partial charge >= 0.3 is 19.8 Å². The Labute approximate surface area is 631 Å². The maximum atomic E-state index is 12.9. The van der Waals surface area contributed by atoms with Crippen molar-refractivity contribution in [2.45, 2.75) is 380 Å². The van der Waals surface area contributed by atoms with Crippen molar-refractivity contribution >= 4 is 19.8 Å². The lowest BCUT2D eigenvalue weighted by atomic mass is 10.0. The van der Waals surface area contributed by atoms with Crippen LogP contribution in [0.4, 0.5) is 0 Å². The third kappa shape index (κ3) is 84.8. The summed E-state index contributed by atoms with van der Waals surface area (Å²) in [6, 6.07) is 0. The average molecular weight is 1440 g/mol. The molecule has 0 aliphatic rings. The molecule has 0 aromatic heterocycles. The summed E-state index contributed by atoms with van der Waals surface area (Å²) in [6.07, 6.45) is 120. The second-order valence-electron chi connectivity index (χ2n) is 29.5. The summed E-state index contributed by atoms with van der Waals surface area (Å²) >= 11 is 0. The molecule has 586 valence electrons. The van der Waals surface area contributed by atoms with Crippen molar-refractivity contribution in [3.8, 4) is 0 Å². The molecule has 2 atom stereocenters. The van der Waals surface area contributed by atoms with Crippen molar-refractivity contribution in [3.05, 3.63) is 146 Å². The SMILES string of the molecule is CC/C=C\C/C=C\C/C=C\C/C=C\C/C=C\C/C=C\C/C=C\C/C=C\C/C=C\CCCCCCCCCCCCCCCC(=O)OC(COC(=O)CCCCCCCCCCCCCCCCCCCCCCCC/C=C\C/C=C\C/C=C\CCCCCCC)COP(=O)(O)OCC[N+](C)(C)C. The Hall–Kier alpha value is -4.11. The van der Waals surface area contributed by atoms with Crippen LogP contribution in [0.1, 0.15) is 373 Å². The second kappa shape index (κ2) is 81.0. The molecule has 0 heterocycles. The highest BCUT2D eigenvalue weighted by Gasteiger charge is 2.27. The summed E-state index contributed by atoms with van der Waals surface area (Å²) < 4.78 is 34.9. The quantitative estimate of drug-likeness (QED) is 0.0211. The lowest BCUT2D eigenvalue weighted by Gasteiger charge is -2.24. The fourth-order valence-electron chi connectivity index (χ4n) is 11.9. The number of ether oxygens (including phenoxy) is 2. The topological polar surface area (TPSA) is 108 Å². The lowest BCUT2D eigenvalue weighted by Crippen LogP contribution is -2.37. The van der Waals surface area contributed by atoms with Crippen LogP contribution in [0.15, 0.2) is 146 Å². The van der Waals surface area contributed by atoms with E-state index in [1.165, 1.54) is 231 Å². The number of rotatable bonds is 78. The Morgan fingerprint density at radius 2 is 0.559 bits per heavy atom. The Balaban J connectivity index is 3.96. The van der Waals surface area contributed by atoms with Crippen LogP contribution in [0.2, 0.25) is 0 Å². The van der Waals surface area contributed by atoms with Crippen LogP contribution in [-0.2, 0) is 32.7 Å². The first kappa shape index (κ1) is 97.9. The average Bonchev–Trinajstić information content (AvgIpc) is 0.916. The highest BCUT2D eigenvalue weighted by Crippen LogP contribution is 2.43. The molecule has 0 aromatic carbocycles. The number of allylic oxidation sites excluding steroid dienone is 24. The summed E-state index contributed by atoms with van der Waals surface area (Å²) in [5.41, 5.74) is 0. The second-order valence-corrected chi connectivity index (χ2v) is 30.9. The maximum Gasteiger partial charge on any atom is 0.472 e. The molecule has 9 nitrogen and oxygen atoms in total. The molecule has 10 heteroatoms. The highest BCUT2D eigenvalue weighted by atomic mass is 31.2. The minimum Gasteiger partial charge on any atom is -0.462 e. The van der Waals surface area contributed by atoms with Gasteiger partial charge in [-0.3, -0.25) is 18.6 Å². The summed E-state index contributed by atoms with van der Waals surface area (Å²) in [7, 11) is 1.48. The van der Waals surface area contributed by atoms with Gasteiger partial charge in [-0.1, -0.05) is 384 Å². The van der Waals surface area contributed by atoms with Crippen LogP contribution in [0, 0.1) is 0 Å². The molecule has 0 fully saturated rings. The van der Waals surface area contributed by atoms with Gasteiger partial charge in [0.2, 0.25) is 0 Å². The van der Waals surface area contributed by atoms with Crippen molar-refractivity contribution in [1.82, 2.24) is 0 Å². The number of nitrogens with zero attached hydrogens (tertiary/aromatic N) is 1. The third-order valence-corrected chi connectivity index (χ3v) is 19.3. The number of hydrogen-bond acceptors (Lipinski definition) is 7. The van der Waals surface area contributed by atoms with Crippen LogP contribution in [-0.4, -0.2) is 74.9 Å². The highest BCUT2D eigenvalue weighted by molar-refractivity contribution is 7.47. The first-order valence-corrected chi connectivity index (χ1v) is 44.1. The molecule has 0 aromatic rings. The summed E-state index contributed by atoms with van der Waals surface area (Å²) in [6.45, 7) is 4.34. The van der Waals surface area contributed by atoms with Gasteiger partial charge in [-0.05, 0) is 122 Å². The molecule has 0 amide bonds. The monoisotopic (exact) mass is 1440 g/mol. The van der Waals surface area contributed by atoms with Crippen LogP contribution in [0.25, 0.3) is 0 Å². The molecular weight excluding hydrogens is 1280 g/mol. The number of phosphoric acid groups is 1. The number of quaternary nitrogens is 1. The maximum absolute atomic E-state index is 12.9. The van der Waals surface area contributed by atoms with Crippen LogP contribution < -0.4 is 0 Å². The number of unbranched alkanes of at least 4 members (excludes halogenated alkanes) is 40. The van der Waals surface area contributed by atoms with Gasteiger partial charge < -0.3 is 18.9 Å². The zero-order valence-corrected chi connectivity index (χ0v) is 68.0. The predicted molar refractivity (Wildman–Crippen MR) is 445 cm³/mol. The third-order valence-electron chi connectivity index (χ3n) is 18.4. The van der Waals surface area contributed by atoms with Gasteiger partial charge in [0.1, 0.15) is 19.8 Å².